The molecule has 4 aromatic rings. The Morgan fingerprint density at radius 3 is 2.83 bits per heavy atom. The number of pyridine rings is 1. The first-order valence-corrected chi connectivity index (χ1v) is 13.9. The summed E-state index contributed by atoms with van der Waals surface area (Å²) < 4.78 is 16.5. The van der Waals surface area contributed by atoms with Crippen LogP contribution < -0.4 is 10.1 Å². The molecule has 2 unspecified atom stereocenters. The van der Waals surface area contributed by atoms with Crippen molar-refractivity contribution >= 4 is 22.5 Å². The summed E-state index contributed by atoms with van der Waals surface area (Å²) >= 11 is 0. The minimum Gasteiger partial charge on any atom is -0.487 e. The minimum absolute atomic E-state index is 0.0827. The van der Waals surface area contributed by atoms with Gasteiger partial charge in [0.1, 0.15) is 34.8 Å². The Hall–Kier alpha value is -4.03. The Bertz CT molecular complexity index is 1570. The summed E-state index contributed by atoms with van der Waals surface area (Å²) in [5, 5.41) is 13.9. The van der Waals surface area contributed by atoms with Crippen molar-refractivity contribution in [2.24, 2.45) is 7.05 Å². The molecule has 7 heterocycles. The van der Waals surface area contributed by atoms with Crippen LogP contribution in [0.4, 0.5) is 11.6 Å². The van der Waals surface area contributed by atoms with E-state index in [-0.39, 0.29) is 12.1 Å². The molecule has 4 aromatic heterocycles. The lowest BCUT2D eigenvalue weighted by atomic mass is 10.1. The number of hydrogen-bond donors (Lipinski definition) is 1. The highest BCUT2D eigenvalue weighted by Crippen LogP contribution is 2.37. The van der Waals surface area contributed by atoms with E-state index in [9.17, 15) is 0 Å². The van der Waals surface area contributed by atoms with Crippen LogP contribution in [0.1, 0.15) is 37.6 Å². The normalized spacial score (nSPS) is 21.8. The number of aryl methyl sites for hydroxylation is 1. The summed E-state index contributed by atoms with van der Waals surface area (Å²) in [6.45, 7) is 7.82. The molecule has 12 nitrogen and oxygen atoms in total. The van der Waals surface area contributed by atoms with E-state index in [1.54, 1.807) is 17.1 Å². The third-order valence-corrected chi connectivity index (χ3v) is 7.98. The van der Waals surface area contributed by atoms with Crippen LogP contribution in [0.25, 0.3) is 22.3 Å². The summed E-state index contributed by atoms with van der Waals surface area (Å²) in [5.74, 6) is 3.56. The van der Waals surface area contributed by atoms with Gasteiger partial charge < -0.3 is 19.7 Å². The number of likely N-dealkylation sites (N-methyl/N-ethyl adjacent to an activating group) is 1. The molecule has 1 saturated heterocycles. The molecule has 208 valence electrons. The maximum absolute atomic E-state index is 6.49. The van der Waals surface area contributed by atoms with E-state index in [2.05, 4.69) is 49.9 Å². The number of hydrogen-bond acceptors (Lipinski definition) is 10. The van der Waals surface area contributed by atoms with Crippen molar-refractivity contribution in [1.29, 1.82) is 0 Å². The van der Waals surface area contributed by atoms with Gasteiger partial charge in [-0.3, -0.25) is 9.58 Å². The second-order valence-electron chi connectivity index (χ2n) is 10.9. The van der Waals surface area contributed by atoms with Gasteiger partial charge in [-0.25, -0.2) is 19.6 Å². The predicted molar refractivity (Wildman–Crippen MR) is 150 cm³/mol. The lowest BCUT2D eigenvalue weighted by Crippen LogP contribution is -2.45. The molecule has 2 atom stereocenters. The van der Waals surface area contributed by atoms with Gasteiger partial charge in [-0.05, 0) is 26.1 Å². The van der Waals surface area contributed by atoms with Gasteiger partial charge in [-0.15, -0.1) is 0 Å². The zero-order chi connectivity index (χ0) is 27.2. The van der Waals surface area contributed by atoms with Crippen LogP contribution >= 0.6 is 0 Å². The molecule has 0 radical (unpaired) electrons. The molecule has 12 heteroatoms. The van der Waals surface area contributed by atoms with Crippen LogP contribution in [0.15, 0.2) is 42.6 Å². The molecule has 40 heavy (non-hydrogen) atoms. The minimum atomic E-state index is -0.126. The van der Waals surface area contributed by atoms with Crippen LogP contribution in [0.3, 0.4) is 0 Å². The summed E-state index contributed by atoms with van der Waals surface area (Å²) in [6.07, 6.45) is 9.01. The summed E-state index contributed by atoms with van der Waals surface area (Å²) in [5.41, 5.74) is 2.68. The molecule has 4 bridgehead atoms. The Kier molecular flexibility index (Phi) is 6.35. The van der Waals surface area contributed by atoms with E-state index < -0.39 is 0 Å². The quantitative estimate of drug-likeness (QED) is 0.414. The topological polar surface area (TPSA) is 111 Å². The Morgan fingerprint density at radius 2 is 1.95 bits per heavy atom. The average molecular weight is 543 g/mol. The van der Waals surface area contributed by atoms with Gasteiger partial charge in [-0.2, -0.15) is 10.2 Å². The molecule has 0 aromatic carbocycles. The molecular weight excluding hydrogens is 508 g/mol. The molecule has 0 saturated carbocycles. The van der Waals surface area contributed by atoms with Crippen LogP contribution in [0.2, 0.25) is 0 Å². The van der Waals surface area contributed by atoms with E-state index in [4.69, 9.17) is 24.5 Å². The Morgan fingerprint density at radius 1 is 1.07 bits per heavy atom. The number of fused-ring (bicyclic) bond motifs is 5. The van der Waals surface area contributed by atoms with Crippen LogP contribution in [-0.2, 0) is 11.8 Å². The van der Waals surface area contributed by atoms with Crippen LogP contribution in [-0.4, -0.2) is 90.7 Å². The Labute approximate surface area is 232 Å². The highest BCUT2D eigenvalue weighted by molar-refractivity contribution is 5.84. The molecular formula is C28H34N10O2. The van der Waals surface area contributed by atoms with Crippen molar-refractivity contribution < 1.29 is 9.47 Å². The number of rotatable bonds is 3. The standard InChI is InChI=1S/C28H34N10O2/c1-18-7-13-39-28-21(16-31-36(28)3)27-29-8-6-24(33-27)32-25-14-22-20(15-30-25)26(34-38(18)22)23-5-4-19(40-23)17-37-11-9-35(2)10-12-37/h4,6,8,14-16,18,23H,5,7,9-13,17H2,1-3H3,(H,29,30,32,33). The van der Waals surface area contributed by atoms with Gasteiger partial charge in [0.15, 0.2) is 5.82 Å². The largest absolute Gasteiger partial charge is 0.487 e. The van der Waals surface area contributed by atoms with Crippen LogP contribution in [0, 0.1) is 0 Å². The predicted octanol–water partition coefficient (Wildman–Crippen LogP) is 3.30. The van der Waals surface area contributed by atoms with Gasteiger partial charge in [-0.1, -0.05) is 0 Å². The number of piperazine rings is 1. The smallest absolute Gasteiger partial charge is 0.222 e. The number of nitrogens with zero attached hydrogens (tertiary/aromatic N) is 9. The van der Waals surface area contributed by atoms with E-state index in [0.717, 1.165) is 73.5 Å². The van der Waals surface area contributed by atoms with Crippen LogP contribution in [0.5, 0.6) is 5.88 Å². The number of ether oxygens (including phenoxy) is 2. The third-order valence-electron chi connectivity index (χ3n) is 7.98. The van der Waals surface area contributed by atoms with Crippen molar-refractivity contribution in [1.82, 2.24) is 44.3 Å². The molecule has 0 spiro atoms. The monoisotopic (exact) mass is 542 g/mol. The van der Waals surface area contributed by atoms with E-state index >= 15 is 0 Å². The van der Waals surface area contributed by atoms with Crippen molar-refractivity contribution in [2.45, 2.75) is 31.9 Å². The second kappa shape index (κ2) is 10.2. The van der Waals surface area contributed by atoms with Gasteiger partial charge >= 0.3 is 0 Å². The fraction of sp³-hybridized carbons (Fsp3) is 0.464. The molecule has 7 rings (SSSR count). The van der Waals surface area contributed by atoms with E-state index in [1.807, 2.05) is 25.4 Å². The van der Waals surface area contributed by atoms with Gasteiger partial charge in [0.05, 0.1) is 30.9 Å². The van der Waals surface area contributed by atoms with Crippen molar-refractivity contribution in [3.8, 4) is 17.3 Å². The Balaban J connectivity index is 1.19. The maximum atomic E-state index is 6.49. The average Bonchev–Trinajstić information content (AvgIpc) is 3.67. The highest BCUT2D eigenvalue weighted by atomic mass is 16.5. The molecule has 3 aliphatic heterocycles. The summed E-state index contributed by atoms with van der Waals surface area (Å²) in [4.78, 5) is 18.7. The lowest BCUT2D eigenvalue weighted by molar-refractivity contribution is 0.100. The first-order chi connectivity index (χ1) is 19.5. The SMILES string of the molecule is CC1CCOc2c(cnn2C)-c2nccc(n2)Nc2cc3c(cn2)c(C2CC=C(CN4CCN(C)CC4)O2)nn31. The van der Waals surface area contributed by atoms with Crippen molar-refractivity contribution in [3.05, 3.63) is 48.3 Å². The van der Waals surface area contributed by atoms with Gasteiger partial charge in [0.25, 0.3) is 0 Å². The third kappa shape index (κ3) is 4.66. The van der Waals surface area contributed by atoms with Crippen molar-refractivity contribution in [2.75, 3.05) is 51.7 Å². The fourth-order valence-electron chi connectivity index (χ4n) is 5.60. The highest BCUT2D eigenvalue weighted by Gasteiger charge is 2.29. The molecule has 0 amide bonds. The van der Waals surface area contributed by atoms with E-state index in [0.29, 0.717) is 29.9 Å². The first-order valence-electron chi connectivity index (χ1n) is 13.9. The molecule has 1 N–H and O–H groups in total. The zero-order valence-corrected chi connectivity index (χ0v) is 23.1. The van der Waals surface area contributed by atoms with E-state index in [1.165, 1.54) is 0 Å². The molecule has 1 fully saturated rings. The fourth-order valence-corrected chi connectivity index (χ4v) is 5.60. The number of anilines is 2. The molecule has 3 aliphatic rings. The number of nitrogens with one attached hydrogen (secondary N) is 1. The lowest BCUT2D eigenvalue weighted by Gasteiger charge is -2.32. The first kappa shape index (κ1) is 25.0. The summed E-state index contributed by atoms with van der Waals surface area (Å²) in [6, 6.07) is 3.95. The van der Waals surface area contributed by atoms with Gasteiger partial charge in [0, 0.05) is 69.9 Å². The second-order valence-corrected chi connectivity index (χ2v) is 10.9. The number of aromatic nitrogens is 7. The summed E-state index contributed by atoms with van der Waals surface area (Å²) in [7, 11) is 4.04. The molecule has 0 aliphatic carbocycles. The maximum Gasteiger partial charge on any atom is 0.222 e. The zero-order valence-electron chi connectivity index (χ0n) is 23.1. The van der Waals surface area contributed by atoms with Crippen molar-refractivity contribution in [3.63, 3.8) is 0 Å². The van der Waals surface area contributed by atoms with Gasteiger partial charge in [0.2, 0.25) is 5.88 Å².